The molecule has 0 radical (unpaired) electrons. The van der Waals surface area contributed by atoms with E-state index in [1.165, 1.54) is 11.3 Å². The van der Waals surface area contributed by atoms with Crippen molar-refractivity contribution in [3.63, 3.8) is 0 Å². The van der Waals surface area contributed by atoms with E-state index in [-0.39, 0.29) is 6.03 Å². The van der Waals surface area contributed by atoms with Crippen LogP contribution in [-0.4, -0.2) is 77.6 Å². The predicted molar refractivity (Wildman–Crippen MR) is 123 cm³/mol. The molecule has 0 aliphatic carbocycles. The van der Waals surface area contributed by atoms with Gasteiger partial charge in [-0.15, -0.1) is 0 Å². The first kappa shape index (κ1) is 20.9. The number of urea groups is 1. The highest BCUT2D eigenvalue weighted by molar-refractivity contribution is 14.1. The molecule has 0 saturated carbocycles. The van der Waals surface area contributed by atoms with E-state index in [1.54, 1.807) is 12.0 Å². The average Bonchev–Trinajstić information content (AvgIpc) is 3.17. The molecule has 0 atom stereocenters. The van der Waals surface area contributed by atoms with Crippen LogP contribution in [0, 0.1) is 0 Å². The number of nitrogens with one attached hydrogen (secondary N) is 1. The van der Waals surface area contributed by atoms with Gasteiger partial charge in [-0.25, -0.2) is 9.78 Å². The number of likely N-dealkylation sites (tertiary alicyclic amines) is 1. The molecule has 1 aromatic heterocycles. The van der Waals surface area contributed by atoms with Crippen molar-refractivity contribution in [2.24, 2.45) is 0 Å². The molecular formula is C19H25IN4O4S. The number of carbonyl (C=O) groups excluding carboxylic acids is 1. The number of aliphatic hydroxyl groups is 1. The summed E-state index contributed by atoms with van der Waals surface area (Å²) in [6.07, 6.45) is 1.19. The second-order valence-corrected chi connectivity index (χ2v) is 9.12. The monoisotopic (exact) mass is 532 g/mol. The Bertz CT molecular complexity index is 878. The molecule has 2 fully saturated rings. The maximum absolute atomic E-state index is 12.7. The lowest BCUT2D eigenvalue weighted by atomic mass is 9.94. The van der Waals surface area contributed by atoms with Crippen molar-refractivity contribution in [2.75, 3.05) is 61.1 Å². The number of hydrogen-bond donors (Lipinski definition) is 2. The summed E-state index contributed by atoms with van der Waals surface area (Å²) in [7, 11) is 1.63. The van der Waals surface area contributed by atoms with E-state index in [0.29, 0.717) is 54.5 Å². The number of alkyl halides is 1. The molecule has 2 N–H and O–H groups in total. The molecule has 2 amide bonds. The molecule has 0 unspecified atom stereocenters. The first-order valence-electron chi connectivity index (χ1n) is 9.67. The number of anilines is 2. The molecule has 8 nitrogen and oxygen atoms in total. The van der Waals surface area contributed by atoms with Gasteiger partial charge in [0.2, 0.25) is 0 Å². The normalized spacial score (nSPS) is 19.4. The van der Waals surface area contributed by atoms with Crippen LogP contribution >= 0.6 is 33.9 Å². The van der Waals surface area contributed by atoms with E-state index in [9.17, 15) is 9.90 Å². The lowest BCUT2D eigenvalue weighted by molar-refractivity contribution is 0.0125. The van der Waals surface area contributed by atoms with E-state index < -0.39 is 5.60 Å². The Kier molecular flexibility index (Phi) is 6.32. The van der Waals surface area contributed by atoms with Crippen LogP contribution in [0.25, 0.3) is 10.2 Å². The number of benzene rings is 1. The van der Waals surface area contributed by atoms with Crippen LogP contribution in [0.1, 0.15) is 12.8 Å². The smallest absolute Gasteiger partial charge is 0.323 e. The Morgan fingerprint density at radius 3 is 2.72 bits per heavy atom. The summed E-state index contributed by atoms with van der Waals surface area (Å²) in [5.41, 5.74) is 1.19. The third-order valence-electron chi connectivity index (χ3n) is 5.50. The summed E-state index contributed by atoms with van der Waals surface area (Å²) in [6.45, 7) is 4.14. The van der Waals surface area contributed by atoms with Crippen LogP contribution in [0.5, 0.6) is 5.75 Å². The van der Waals surface area contributed by atoms with Crippen molar-refractivity contribution in [1.82, 2.24) is 9.88 Å². The van der Waals surface area contributed by atoms with Gasteiger partial charge < -0.3 is 24.4 Å². The number of rotatable bonds is 4. The molecule has 158 valence electrons. The number of carbonyl (C=O) groups is 1. The number of fused-ring (bicyclic) bond motifs is 1. The van der Waals surface area contributed by atoms with Crippen molar-refractivity contribution in [1.29, 1.82) is 0 Å². The Morgan fingerprint density at radius 1 is 1.34 bits per heavy atom. The van der Waals surface area contributed by atoms with Gasteiger partial charge in [0.1, 0.15) is 11.3 Å². The fourth-order valence-corrected chi connectivity index (χ4v) is 5.45. The van der Waals surface area contributed by atoms with Crippen molar-refractivity contribution >= 4 is 61.0 Å². The molecule has 2 saturated heterocycles. The summed E-state index contributed by atoms with van der Waals surface area (Å²) < 4.78 is 12.6. The first-order chi connectivity index (χ1) is 14.0. The summed E-state index contributed by atoms with van der Waals surface area (Å²) in [5, 5.41) is 13.9. The maximum Gasteiger partial charge on any atom is 0.323 e. The molecule has 2 aromatic rings. The van der Waals surface area contributed by atoms with Crippen LogP contribution in [0.3, 0.4) is 0 Å². The highest BCUT2D eigenvalue weighted by Crippen LogP contribution is 2.39. The predicted octanol–water partition coefficient (Wildman–Crippen LogP) is 2.94. The standard InChI is InChI=1S/C19H25IN4O4S/c1-27-14-3-2-13(23-8-10-28-11-9-23)16-15(14)21-17(29-16)22-18(25)24-6-4-19(26,12-20)5-7-24/h2-3,26H,4-12H2,1H3,(H,21,22,25). The minimum absolute atomic E-state index is 0.175. The molecule has 2 aliphatic heterocycles. The van der Waals surface area contributed by atoms with Crippen LogP contribution in [0.15, 0.2) is 12.1 Å². The lowest BCUT2D eigenvalue weighted by Crippen LogP contribution is -2.48. The van der Waals surface area contributed by atoms with Gasteiger partial charge in [0.05, 0.1) is 36.3 Å². The minimum Gasteiger partial charge on any atom is -0.494 e. The number of methoxy groups -OCH3 is 1. The number of aromatic nitrogens is 1. The number of thiazole rings is 1. The van der Waals surface area contributed by atoms with Crippen LogP contribution in [-0.2, 0) is 4.74 Å². The molecule has 29 heavy (non-hydrogen) atoms. The van der Waals surface area contributed by atoms with E-state index >= 15 is 0 Å². The van der Waals surface area contributed by atoms with Crippen molar-refractivity contribution < 1.29 is 19.4 Å². The fraction of sp³-hybridized carbons (Fsp3) is 0.579. The number of amides is 2. The molecule has 10 heteroatoms. The van der Waals surface area contributed by atoms with Crippen LogP contribution < -0.4 is 15.0 Å². The topological polar surface area (TPSA) is 87.2 Å². The second kappa shape index (κ2) is 8.78. The number of morpholine rings is 1. The molecule has 4 rings (SSSR count). The zero-order valence-electron chi connectivity index (χ0n) is 16.3. The zero-order valence-corrected chi connectivity index (χ0v) is 19.3. The summed E-state index contributed by atoms with van der Waals surface area (Å²) in [4.78, 5) is 21.4. The van der Waals surface area contributed by atoms with Crippen molar-refractivity contribution in [2.45, 2.75) is 18.4 Å². The summed E-state index contributed by atoms with van der Waals surface area (Å²) in [5.74, 6) is 0.693. The van der Waals surface area contributed by atoms with Crippen LogP contribution in [0.4, 0.5) is 15.6 Å². The van der Waals surface area contributed by atoms with Gasteiger partial charge in [-0.2, -0.15) is 0 Å². The quantitative estimate of drug-likeness (QED) is 0.466. The molecule has 0 bridgehead atoms. The van der Waals surface area contributed by atoms with Gasteiger partial charge >= 0.3 is 6.03 Å². The SMILES string of the molecule is COc1ccc(N2CCOCC2)c2sc(NC(=O)N3CCC(O)(CI)CC3)nc12. The zero-order chi connectivity index (χ0) is 20.4. The summed E-state index contributed by atoms with van der Waals surface area (Å²) in [6, 6.07) is 3.80. The van der Waals surface area contributed by atoms with E-state index in [0.717, 1.165) is 29.0 Å². The van der Waals surface area contributed by atoms with E-state index in [1.807, 2.05) is 12.1 Å². The molecular weight excluding hydrogens is 507 g/mol. The van der Waals surface area contributed by atoms with Crippen LogP contribution in [0.2, 0.25) is 0 Å². The van der Waals surface area contributed by atoms with Gasteiger partial charge in [0.15, 0.2) is 5.13 Å². The fourth-order valence-electron chi connectivity index (χ4n) is 3.67. The summed E-state index contributed by atoms with van der Waals surface area (Å²) >= 11 is 3.66. The Morgan fingerprint density at radius 2 is 2.07 bits per heavy atom. The third-order valence-corrected chi connectivity index (χ3v) is 7.91. The first-order valence-corrected chi connectivity index (χ1v) is 12.0. The third kappa shape index (κ3) is 4.39. The lowest BCUT2D eigenvalue weighted by Gasteiger charge is -2.36. The largest absolute Gasteiger partial charge is 0.494 e. The Balaban J connectivity index is 1.54. The van der Waals surface area contributed by atoms with Gasteiger partial charge in [0, 0.05) is 30.6 Å². The van der Waals surface area contributed by atoms with E-state index in [2.05, 4.69) is 37.8 Å². The van der Waals surface area contributed by atoms with Gasteiger partial charge in [-0.3, -0.25) is 5.32 Å². The van der Waals surface area contributed by atoms with Gasteiger partial charge in [0.25, 0.3) is 0 Å². The molecule has 0 spiro atoms. The number of halogens is 1. The van der Waals surface area contributed by atoms with E-state index in [4.69, 9.17) is 9.47 Å². The molecule has 2 aliphatic rings. The minimum atomic E-state index is -0.659. The number of nitrogens with zero attached hydrogens (tertiary/aromatic N) is 3. The Labute approximate surface area is 187 Å². The highest BCUT2D eigenvalue weighted by Gasteiger charge is 2.33. The average molecular weight is 532 g/mol. The van der Waals surface area contributed by atoms with Crippen molar-refractivity contribution in [3.8, 4) is 5.75 Å². The molecule has 3 heterocycles. The maximum atomic E-state index is 12.7. The van der Waals surface area contributed by atoms with Gasteiger partial charge in [-0.05, 0) is 25.0 Å². The van der Waals surface area contributed by atoms with Gasteiger partial charge in [-0.1, -0.05) is 33.9 Å². The Hall–Kier alpha value is -1.37. The number of ether oxygens (including phenoxy) is 2. The highest BCUT2D eigenvalue weighted by atomic mass is 127. The number of hydrogen-bond acceptors (Lipinski definition) is 7. The molecule has 1 aromatic carbocycles. The number of piperidine rings is 1. The van der Waals surface area contributed by atoms with Crippen molar-refractivity contribution in [3.05, 3.63) is 12.1 Å². The second-order valence-electron chi connectivity index (χ2n) is 7.36.